The van der Waals surface area contributed by atoms with Gasteiger partial charge in [0.2, 0.25) is 0 Å². The van der Waals surface area contributed by atoms with Crippen LogP contribution in [-0.4, -0.2) is 55.6 Å². The second-order valence-electron chi connectivity index (χ2n) is 14.5. The highest BCUT2D eigenvalue weighted by molar-refractivity contribution is 5.31. The molecule has 3 N–H and O–H groups in total. The van der Waals surface area contributed by atoms with E-state index in [-0.39, 0.29) is 17.8 Å². The van der Waals surface area contributed by atoms with Gasteiger partial charge in [-0.15, -0.1) is 0 Å². The minimum absolute atomic E-state index is 0.111. The van der Waals surface area contributed by atoms with Crippen molar-refractivity contribution in [3.63, 3.8) is 0 Å². The Morgan fingerprint density at radius 1 is 0.708 bits per heavy atom. The van der Waals surface area contributed by atoms with E-state index in [0.717, 1.165) is 75.6 Å². The molecular formula is C41H68N2O5. The number of unbranched alkanes of at least 4 members (excludes halogenated alkanes) is 16. The van der Waals surface area contributed by atoms with Gasteiger partial charge in [0, 0.05) is 12.0 Å². The molecule has 1 aliphatic heterocycles. The Morgan fingerprint density at radius 3 is 1.67 bits per heavy atom. The number of ether oxygens (including phenoxy) is 1. The fraction of sp³-hybridized carbons (Fsp3) is 0.756. The second kappa shape index (κ2) is 24.2. The van der Waals surface area contributed by atoms with Crippen molar-refractivity contribution >= 4 is 0 Å². The van der Waals surface area contributed by atoms with E-state index in [2.05, 4.69) is 12.0 Å². The lowest BCUT2D eigenvalue weighted by molar-refractivity contribution is -0.0786. The summed E-state index contributed by atoms with van der Waals surface area (Å²) in [5, 5.41) is 36.3. The van der Waals surface area contributed by atoms with E-state index < -0.39 is 18.3 Å². The van der Waals surface area contributed by atoms with Crippen LogP contribution in [0.5, 0.6) is 0 Å². The van der Waals surface area contributed by atoms with Crippen LogP contribution < -0.4 is 5.56 Å². The predicted octanol–water partition coefficient (Wildman–Crippen LogP) is 8.93. The van der Waals surface area contributed by atoms with E-state index in [1.165, 1.54) is 81.7 Å². The summed E-state index contributed by atoms with van der Waals surface area (Å²) in [6, 6.07) is 11.2. The lowest BCUT2D eigenvalue weighted by atomic mass is 10.00. The first kappa shape index (κ1) is 40.4. The second-order valence-corrected chi connectivity index (χ2v) is 14.5. The molecule has 1 aromatic carbocycles. The van der Waals surface area contributed by atoms with Crippen LogP contribution in [0.1, 0.15) is 166 Å². The van der Waals surface area contributed by atoms with Crippen LogP contribution in [-0.2, 0) is 11.2 Å². The van der Waals surface area contributed by atoms with E-state index >= 15 is 0 Å². The maximum atomic E-state index is 13.0. The van der Waals surface area contributed by atoms with Gasteiger partial charge in [0.15, 0.2) is 0 Å². The summed E-state index contributed by atoms with van der Waals surface area (Å²) in [6.07, 6.45) is 24.7. The van der Waals surface area contributed by atoms with Gasteiger partial charge in [0.25, 0.3) is 5.56 Å². The molecule has 5 atom stereocenters. The van der Waals surface area contributed by atoms with Crippen LogP contribution >= 0.6 is 0 Å². The highest BCUT2D eigenvalue weighted by Crippen LogP contribution is 2.28. The summed E-state index contributed by atoms with van der Waals surface area (Å²) in [4.78, 5) is 13.0. The van der Waals surface area contributed by atoms with Gasteiger partial charge in [-0.2, -0.15) is 9.78 Å². The van der Waals surface area contributed by atoms with Gasteiger partial charge < -0.3 is 20.1 Å². The molecule has 0 amide bonds. The van der Waals surface area contributed by atoms with Crippen molar-refractivity contribution in [3.05, 3.63) is 58.0 Å². The average Bonchev–Trinajstić information content (AvgIpc) is 3.59. The number of hydrogen-bond acceptors (Lipinski definition) is 6. The lowest BCUT2D eigenvalue weighted by Crippen LogP contribution is -2.31. The molecule has 1 saturated heterocycles. The molecule has 0 saturated carbocycles. The zero-order valence-electron chi connectivity index (χ0n) is 30.4. The van der Waals surface area contributed by atoms with Gasteiger partial charge >= 0.3 is 0 Å². The molecule has 0 bridgehead atoms. The van der Waals surface area contributed by atoms with Crippen LogP contribution in [0.3, 0.4) is 0 Å². The molecule has 2 heterocycles. The van der Waals surface area contributed by atoms with Crippen LogP contribution in [0.25, 0.3) is 5.69 Å². The standard InChI is InChI=1S/C41H68N2O5/c1-3-4-5-6-7-8-9-13-16-22-27-37(45)39-29-30-40(48-39)38(46)28-23-17-14-11-10-12-15-21-26-36(44)32-34-31-33(2)42-43(41(34)47)35-24-19-18-20-25-35/h18-20,24-25,31,36-40,44-46H,3-17,21-23,26-30,32H2,1-2H3/t36-,37-,38-,39-,40-/m1/s1. The summed E-state index contributed by atoms with van der Waals surface area (Å²) in [6.45, 7) is 4.14. The molecule has 0 unspecified atom stereocenters. The molecule has 7 nitrogen and oxygen atoms in total. The summed E-state index contributed by atoms with van der Waals surface area (Å²) < 4.78 is 7.54. The number of para-hydroxylation sites is 1. The van der Waals surface area contributed by atoms with Gasteiger partial charge in [0.05, 0.1) is 41.9 Å². The molecule has 48 heavy (non-hydrogen) atoms. The van der Waals surface area contributed by atoms with Crippen LogP contribution in [0.2, 0.25) is 0 Å². The maximum Gasteiger partial charge on any atom is 0.274 e. The van der Waals surface area contributed by atoms with E-state index in [0.29, 0.717) is 18.4 Å². The van der Waals surface area contributed by atoms with Crippen LogP contribution in [0, 0.1) is 6.92 Å². The minimum atomic E-state index is -0.526. The number of benzene rings is 1. The first-order valence-electron chi connectivity index (χ1n) is 19.7. The third-order valence-corrected chi connectivity index (χ3v) is 10.1. The Labute approximate surface area is 291 Å². The minimum Gasteiger partial charge on any atom is -0.393 e. The molecule has 3 rings (SSSR count). The van der Waals surface area contributed by atoms with Gasteiger partial charge in [-0.1, -0.05) is 141 Å². The molecule has 0 radical (unpaired) electrons. The molecule has 0 aliphatic carbocycles. The summed E-state index contributed by atoms with van der Waals surface area (Å²) in [7, 11) is 0. The lowest BCUT2D eigenvalue weighted by Gasteiger charge is -2.22. The zero-order valence-corrected chi connectivity index (χ0v) is 30.4. The quantitative estimate of drug-likeness (QED) is 0.0822. The van der Waals surface area contributed by atoms with Gasteiger partial charge in [-0.05, 0) is 57.2 Å². The van der Waals surface area contributed by atoms with Gasteiger partial charge in [-0.3, -0.25) is 4.79 Å². The number of aryl methyl sites for hydroxylation is 1. The monoisotopic (exact) mass is 669 g/mol. The van der Waals surface area contributed by atoms with Crippen LogP contribution in [0.15, 0.2) is 41.2 Å². The van der Waals surface area contributed by atoms with E-state index in [1.807, 2.05) is 37.3 Å². The van der Waals surface area contributed by atoms with Crippen molar-refractivity contribution in [2.75, 3.05) is 0 Å². The fourth-order valence-electron chi connectivity index (χ4n) is 7.19. The Morgan fingerprint density at radius 2 is 1.17 bits per heavy atom. The smallest absolute Gasteiger partial charge is 0.274 e. The van der Waals surface area contributed by atoms with Crippen LogP contribution in [0.4, 0.5) is 0 Å². The topological polar surface area (TPSA) is 105 Å². The first-order valence-corrected chi connectivity index (χ1v) is 19.7. The molecule has 2 aromatic rings. The number of aliphatic hydroxyl groups excluding tert-OH is 3. The molecule has 1 aromatic heterocycles. The van der Waals surface area contributed by atoms with Crippen molar-refractivity contribution in [2.24, 2.45) is 0 Å². The molecular weight excluding hydrogens is 600 g/mol. The van der Waals surface area contributed by atoms with E-state index in [9.17, 15) is 20.1 Å². The largest absolute Gasteiger partial charge is 0.393 e. The number of rotatable bonds is 27. The van der Waals surface area contributed by atoms with Crippen molar-refractivity contribution in [2.45, 2.75) is 198 Å². The Hall–Kier alpha value is -2.06. The molecule has 1 fully saturated rings. The number of hydrogen-bond donors (Lipinski definition) is 3. The maximum absolute atomic E-state index is 13.0. The number of nitrogens with zero attached hydrogens (tertiary/aromatic N) is 2. The molecule has 272 valence electrons. The summed E-state index contributed by atoms with van der Waals surface area (Å²) >= 11 is 0. The molecule has 7 heteroatoms. The van der Waals surface area contributed by atoms with E-state index in [4.69, 9.17) is 4.74 Å². The molecule has 0 spiro atoms. The average molecular weight is 669 g/mol. The third kappa shape index (κ3) is 15.7. The SMILES string of the molecule is CCCCCCCCCCCC[C@@H](O)[C@H]1CC[C@H]([C@H](O)CCCCCCCCCC[C@@H](O)Cc2cc(C)nn(-c3ccccc3)c2=O)O1. The predicted molar refractivity (Wildman–Crippen MR) is 197 cm³/mol. The van der Waals surface area contributed by atoms with Crippen molar-refractivity contribution in [1.82, 2.24) is 9.78 Å². The molecule has 1 aliphatic rings. The van der Waals surface area contributed by atoms with E-state index in [1.54, 1.807) is 6.07 Å². The van der Waals surface area contributed by atoms with Gasteiger partial charge in [-0.25, -0.2) is 0 Å². The zero-order chi connectivity index (χ0) is 34.4. The van der Waals surface area contributed by atoms with Gasteiger partial charge in [0.1, 0.15) is 0 Å². The first-order chi connectivity index (χ1) is 23.4. The number of aliphatic hydroxyl groups is 3. The van der Waals surface area contributed by atoms with Crippen molar-refractivity contribution in [1.29, 1.82) is 0 Å². The van der Waals surface area contributed by atoms with Crippen molar-refractivity contribution < 1.29 is 20.1 Å². The van der Waals surface area contributed by atoms with Crippen molar-refractivity contribution in [3.8, 4) is 5.69 Å². The highest BCUT2D eigenvalue weighted by Gasteiger charge is 2.34. The fourth-order valence-corrected chi connectivity index (χ4v) is 7.19. The normalized spacial score (nSPS) is 18.3. The summed E-state index contributed by atoms with van der Waals surface area (Å²) in [5.74, 6) is 0. The third-order valence-electron chi connectivity index (χ3n) is 10.1. The Bertz CT molecular complexity index is 1160. The summed E-state index contributed by atoms with van der Waals surface area (Å²) in [5.41, 5.74) is 1.95. The number of aromatic nitrogens is 2. The Kier molecular flexibility index (Phi) is 20.3. The Balaban J connectivity index is 1.15. The highest BCUT2D eigenvalue weighted by atomic mass is 16.5.